The predicted molar refractivity (Wildman–Crippen MR) is 58.7 cm³/mol. The van der Waals surface area contributed by atoms with Crippen molar-refractivity contribution in [3.63, 3.8) is 0 Å². The molecule has 1 atom stereocenters. The molecule has 3 N–H and O–H groups in total. The molecular weight excluding hydrogens is 190 g/mol. The number of hydrogen-bond donors (Lipinski definition) is 2. The lowest BCUT2D eigenvalue weighted by molar-refractivity contribution is 0.150. The van der Waals surface area contributed by atoms with Gasteiger partial charge in [-0.25, -0.2) is 0 Å². The normalized spacial score (nSPS) is 19.7. The predicted octanol–water partition coefficient (Wildman–Crippen LogP) is 1.61. The van der Waals surface area contributed by atoms with Crippen molar-refractivity contribution in [1.82, 2.24) is 0 Å². The zero-order valence-electron chi connectivity index (χ0n) is 8.94. The first kappa shape index (κ1) is 10.5. The van der Waals surface area contributed by atoms with Crippen LogP contribution >= 0.6 is 0 Å². The van der Waals surface area contributed by atoms with Crippen molar-refractivity contribution in [3.05, 3.63) is 29.8 Å². The number of rotatable bonds is 4. The van der Waals surface area contributed by atoms with E-state index < -0.39 is 6.10 Å². The zero-order chi connectivity index (χ0) is 10.9. The lowest BCUT2D eigenvalue weighted by atomic mass is 10.0. The topological polar surface area (TPSA) is 55.5 Å². The molecule has 0 bridgehead atoms. The van der Waals surface area contributed by atoms with Crippen LogP contribution in [0.5, 0.6) is 5.75 Å². The Morgan fingerprint density at radius 2 is 2.13 bits per heavy atom. The third kappa shape index (κ3) is 2.30. The number of para-hydroxylation sites is 1. The molecule has 1 aliphatic rings. The molecule has 1 aliphatic carbocycles. The highest BCUT2D eigenvalue weighted by Gasteiger charge is 2.40. The van der Waals surface area contributed by atoms with Crippen LogP contribution < -0.4 is 10.5 Å². The van der Waals surface area contributed by atoms with Crippen molar-refractivity contribution >= 4 is 0 Å². The highest BCUT2D eigenvalue weighted by Crippen LogP contribution is 2.41. The van der Waals surface area contributed by atoms with E-state index in [1.165, 1.54) is 0 Å². The smallest absolute Gasteiger partial charge is 0.124 e. The summed E-state index contributed by atoms with van der Waals surface area (Å²) in [4.78, 5) is 0. The molecule has 82 valence electrons. The summed E-state index contributed by atoms with van der Waals surface area (Å²) in [5.41, 5.74) is 6.67. The third-order valence-corrected chi connectivity index (χ3v) is 2.99. The van der Waals surface area contributed by atoms with Crippen LogP contribution in [0, 0.1) is 0 Å². The molecule has 0 heterocycles. The molecule has 1 saturated carbocycles. The van der Waals surface area contributed by atoms with E-state index in [0.29, 0.717) is 6.42 Å². The summed E-state index contributed by atoms with van der Waals surface area (Å²) >= 11 is 0. The Bertz CT molecular complexity index is 347. The van der Waals surface area contributed by atoms with Crippen LogP contribution in [-0.2, 0) is 0 Å². The van der Waals surface area contributed by atoms with Crippen LogP contribution in [0.25, 0.3) is 0 Å². The van der Waals surface area contributed by atoms with Crippen LogP contribution in [0.15, 0.2) is 24.3 Å². The number of methoxy groups -OCH3 is 1. The molecule has 3 heteroatoms. The molecule has 0 spiro atoms. The first-order valence-corrected chi connectivity index (χ1v) is 5.24. The summed E-state index contributed by atoms with van der Waals surface area (Å²) in [6.45, 7) is 0. The zero-order valence-corrected chi connectivity index (χ0v) is 8.94. The standard InChI is InChI=1S/C12H17NO2/c1-15-11-5-3-2-4-9(11)10(14)8-12(13)6-7-12/h2-5,10,14H,6-8,13H2,1H3. The Labute approximate surface area is 89.9 Å². The highest BCUT2D eigenvalue weighted by molar-refractivity contribution is 5.35. The average molecular weight is 207 g/mol. The fourth-order valence-electron chi connectivity index (χ4n) is 1.80. The van der Waals surface area contributed by atoms with Crippen LogP contribution in [0.1, 0.15) is 30.9 Å². The van der Waals surface area contributed by atoms with Gasteiger partial charge in [-0.05, 0) is 25.3 Å². The van der Waals surface area contributed by atoms with Gasteiger partial charge in [0.2, 0.25) is 0 Å². The molecule has 2 rings (SSSR count). The van der Waals surface area contributed by atoms with E-state index in [4.69, 9.17) is 10.5 Å². The summed E-state index contributed by atoms with van der Waals surface area (Å²) in [6.07, 6.45) is 2.12. The molecule has 3 nitrogen and oxygen atoms in total. The van der Waals surface area contributed by atoms with Gasteiger partial charge >= 0.3 is 0 Å². The average Bonchev–Trinajstić information content (AvgIpc) is 2.96. The minimum absolute atomic E-state index is 0.139. The fourth-order valence-corrected chi connectivity index (χ4v) is 1.80. The van der Waals surface area contributed by atoms with E-state index >= 15 is 0 Å². The Hall–Kier alpha value is -1.06. The second-order valence-electron chi connectivity index (χ2n) is 4.32. The molecule has 1 fully saturated rings. The minimum Gasteiger partial charge on any atom is -0.496 e. The van der Waals surface area contributed by atoms with E-state index in [0.717, 1.165) is 24.2 Å². The van der Waals surface area contributed by atoms with Gasteiger partial charge in [0.1, 0.15) is 5.75 Å². The van der Waals surface area contributed by atoms with Gasteiger partial charge in [-0.2, -0.15) is 0 Å². The third-order valence-electron chi connectivity index (χ3n) is 2.99. The Balaban J connectivity index is 2.13. The van der Waals surface area contributed by atoms with Gasteiger partial charge in [0.25, 0.3) is 0 Å². The summed E-state index contributed by atoms with van der Waals surface area (Å²) in [6, 6.07) is 7.53. The maximum atomic E-state index is 10.0. The van der Waals surface area contributed by atoms with Gasteiger partial charge in [0.05, 0.1) is 13.2 Å². The van der Waals surface area contributed by atoms with Crippen molar-refractivity contribution in [3.8, 4) is 5.75 Å². The van der Waals surface area contributed by atoms with Gasteiger partial charge in [-0.3, -0.25) is 0 Å². The maximum absolute atomic E-state index is 10.0. The van der Waals surface area contributed by atoms with Gasteiger partial charge in [0, 0.05) is 11.1 Å². The molecule has 0 aliphatic heterocycles. The lowest BCUT2D eigenvalue weighted by Crippen LogP contribution is -2.24. The molecule has 0 aromatic heterocycles. The van der Waals surface area contributed by atoms with Crippen LogP contribution in [0.3, 0.4) is 0 Å². The van der Waals surface area contributed by atoms with Crippen molar-refractivity contribution in [2.45, 2.75) is 30.9 Å². The van der Waals surface area contributed by atoms with Gasteiger partial charge in [0.15, 0.2) is 0 Å². The van der Waals surface area contributed by atoms with E-state index in [1.807, 2.05) is 24.3 Å². The van der Waals surface area contributed by atoms with E-state index in [-0.39, 0.29) is 5.54 Å². The maximum Gasteiger partial charge on any atom is 0.124 e. The van der Waals surface area contributed by atoms with Crippen molar-refractivity contribution in [2.75, 3.05) is 7.11 Å². The first-order valence-electron chi connectivity index (χ1n) is 5.24. The van der Waals surface area contributed by atoms with Gasteiger partial charge < -0.3 is 15.6 Å². The van der Waals surface area contributed by atoms with E-state index in [1.54, 1.807) is 7.11 Å². The number of benzene rings is 1. The summed E-state index contributed by atoms with van der Waals surface area (Å²) < 4.78 is 5.20. The number of nitrogens with two attached hydrogens (primary N) is 1. The number of hydrogen-bond acceptors (Lipinski definition) is 3. The molecule has 0 amide bonds. The van der Waals surface area contributed by atoms with Gasteiger partial charge in [-0.1, -0.05) is 18.2 Å². The number of aliphatic hydroxyl groups is 1. The first-order chi connectivity index (χ1) is 7.14. The molecule has 15 heavy (non-hydrogen) atoms. The molecular formula is C12H17NO2. The Morgan fingerprint density at radius 3 is 2.73 bits per heavy atom. The van der Waals surface area contributed by atoms with Crippen molar-refractivity contribution < 1.29 is 9.84 Å². The second-order valence-corrected chi connectivity index (χ2v) is 4.32. The fraction of sp³-hybridized carbons (Fsp3) is 0.500. The SMILES string of the molecule is COc1ccccc1C(O)CC1(N)CC1. The van der Waals surface area contributed by atoms with Crippen molar-refractivity contribution in [1.29, 1.82) is 0 Å². The lowest BCUT2D eigenvalue weighted by Gasteiger charge is -2.17. The highest BCUT2D eigenvalue weighted by atomic mass is 16.5. The summed E-state index contributed by atoms with van der Waals surface area (Å²) in [5.74, 6) is 0.731. The Morgan fingerprint density at radius 1 is 1.47 bits per heavy atom. The minimum atomic E-state index is -0.520. The number of ether oxygens (including phenoxy) is 1. The van der Waals surface area contributed by atoms with Crippen LogP contribution in [0.2, 0.25) is 0 Å². The van der Waals surface area contributed by atoms with Crippen LogP contribution in [-0.4, -0.2) is 17.8 Å². The van der Waals surface area contributed by atoms with Crippen LogP contribution in [0.4, 0.5) is 0 Å². The molecule has 1 aromatic carbocycles. The van der Waals surface area contributed by atoms with E-state index in [2.05, 4.69) is 0 Å². The quantitative estimate of drug-likeness (QED) is 0.788. The van der Waals surface area contributed by atoms with E-state index in [9.17, 15) is 5.11 Å². The van der Waals surface area contributed by atoms with Crippen molar-refractivity contribution in [2.24, 2.45) is 5.73 Å². The summed E-state index contributed by atoms with van der Waals surface area (Å²) in [7, 11) is 1.61. The molecule has 1 unspecified atom stereocenters. The molecule has 0 saturated heterocycles. The Kier molecular flexibility index (Phi) is 2.67. The molecule has 1 aromatic rings. The summed E-state index contributed by atoms with van der Waals surface area (Å²) in [5, 5.41) is 10.0. The second kappa shape index (κ2) is 3.83. The monoisotopic (exact) mass is 207 g/mol. The molecule has 0 radical (unpaired) electrons. The number of aliphatic hydroxyl groups excluding tert-OH is 1. The van der Waals surface area contributed by atoms with Gasteiger partial charge in [-0.15, -0.1) is 0 Å². The largest absolute Gasteiger partial charge is 0.496 e.